The van der Waals surface area contributed by atoms with Crippen LogP contribution in [-0.2, 0) is 0 Å². The van der Waals surface area contributed by atoms with Crippen LogP contribution in [-0.4, -0.2) is 47.3 Å². The number of anilines is 3. The van der Waals surface area contributed by atoms with Gasteiger partial charge in [-0.1, -0.05) is 32.1 Å². The fraction of sp³-hybridized carbons (Fsp3) is 0.500. The number of urea groups is 1. The van der Waals surface area contributed by atoms with Gasteiger partial charge in [0.1, 0.15) is 5.82 Å². The van der Waals surface area contributed by atoms with Gasteiger partial charge in [0.2, 0.25) is 0 Å². The van der Waals surface area contributed by atoms with E-state index in [0.717, 1.165) is 23.2 Å². The van der Waals surface area contributed by atoms with Gasteiger partial charge in [-0.15, -0.1) is 0 Å². The number of carbonyl (C=O) groups is 1. The highest BCUT2D eigenvalue weighted by atomic mass is 16.2. The molecule has 2 aromatic heterocycles. The molecule has 1 aliphatic carbocycles. The highest BCUT2D eigenvalue weighted by Crippen LogP contribution is 2.34. The van der Waals surface area contributed by atoms with Gasteiger partial charge in [-0.05, 0) is 57.0 Å². The third-order valence-corrected chi connectivity index (χ3v) is 6.26. The summed E-state index contributed by atoms with van der Waals surface area (Å²) in [5.41, 5.74) is 7.99. The predicted molar refractivity (Wildman–Crippen MR) is 130 cm³/mol. The van der Waals surface area contributed by atoms with E-state index in [-0.39, 0.29) is 0 Å². The maximum absolute atomic E-state index is 10.8. The molecular formula is C24H35N7O. The zero-order chi connectivity index (χ0) is 22.9. The standard InChI is InChI=1S/C13H14N6O.C11H21N/c1-8-4-10(2-3-16-8)18-11-7-17-12(19-13(15)20)5-9(11)6-14;1-12-8-7-11(9-12)10-5-3-2-4-6-10/h2-7,14H,1H3,(H,16,18)(H3,15,17,19,20);10-11H,2-9H2,1H3. The molecule has 5 N–H and O–H groups in total. The van der Waals surface area contributed by atoms with Crippen molar-refractivity contribution in [3.8, 4) is 0 Å². The van der Waals surface area contributed by atoms with Crippen molar-refractivity contribution in [2.24, 2.45) is 17.6 Å². The van der Waals surface area contributed by atoms with Gasteiger partial charge in [-0.2, -0.15) is 0 Å². The zero-order valence-corrected chi connectivity index (χ0v) is 19.1. The van der Waals surface area contributed by atoms with Crippen molar-refractivity contribution in [3.63, 3.8) is 0 Å². The number of nitrogens with zero attached hydrogens (tertiary/aromatic N) is 3. The molecule has 2 aliphatic rings. The minimum atomic E-state index is -0.695. The van der Waals surface area contributed by atoms with Gasteiger partial charge in [0.15, 0.2) is 0 Å². The number of nitrogens with two attached hydrogens (primary N) is 1. The average molecular weight is 438 g/mol. The smallest absolute Gasteiger partial charge is 0.317 e. The summed E-state index contributed by atoms with van der Waals surface area (Å²) in [5.74, 6) is 2.44. The van der Waals surface area contributed by atoms with Gasteiger partial charge in [0, 0.05) is 35.9 Å². The molecular weight excluding hydrogens is 402 g/mol. The number of amides is 2. The van der Waals surface area contributed by atoms with Gasteiger partial charge >= 0.3 is 6.03 Å². The molecule has 1 aliphatic heterocycles. The van der Waals surface area contributed by atoms with Gasteiger partial charge < -0.3 is 21.4 Å². The highest BCUT2D eigenvalue weighted by Gasteiger charge is 2.28. The Balaban J connectivity index is 0.000000204. The molecule has 32 heavy (non-hydrogen) atoms. The molecule has 1 atom stereocenters. The zero-order valence-electron chi connectivity index (χ0n) is 19.1. The maximum atomic E-state index is 10.8. The van der Waals surface area contributed by atoms with E-state index in [1.54, 1.807) is 12.3 Å². The van der Waals surface area contributed by atoms with Crippen molar-refractivity contribution in [2.45, 2.75) is 45.4 Å². The Morgan fingerprint density at radius 2 is 1.97 bits per heavy atom. The van der Waals surface area contributed by atoms with Crippen LogP contribution in [0.4, 0.5) is 22.0 Å². The van der Waals surface area contributed by atoms with Crippen molar-refractivity contribution < 1.29 is 4.79 Å². The molecule has 2 amide bonds. The normalized spacial score (nSPS) is 19.0. The molecule has 4 rings (SSSR count). The molecule has 2 fully saturated rings. The molecule has 0 aromatic carbocycles. The summed E-state index contributed by atoms with van der Waals surface area (Å²) in [6.07, 6.45) is 13.4. The molecule has 0 bridgehead atoms. The number of carbonyl (C=O) groups excluding carboxylic acids is 1. The number of hydrogen-bond donors (Lipinski definition) is 4. The molecule has 1 saturated carbocycles. The van der Waals surface area contributed by atoms with Crippen molar-refractivity contribution >= 4 is 29.4 Å². The SMILES string of the molecule is CN1CCC(C2CCCCC2)C1.Cc1cc(Nc2cnc(NC(N)=O)cc2C=N)ccn1. The lowest BCUT2D eigenvalue weighted by Crippen LogP contribution is -2.21. The third kappa shape index (κ3) is 7.02. The predicted octanol–water partition coefficient (Wildman–Crippen LogP) is 4.54. The van der Waals surface area contributed by atoms with Crippen LogP contribution in [0.5, 0.6) is 0 Å². The number of nitrogens with one attached hydrogen (secondary N) is 3. The molecule has 8 nitrogen and oxygen atoms in total. The number of likely N-dealkylation sites (tertiary alicyclic amines) is 1. The Morgan fingerprint density at radius 1 is 1.19 bits per heavy atom. The summed E-state index contributed by atoms with van der Waals surface area (Å²) in [6.45, 7) is 4.62. The monoisotopic (exact) mass is 437 g/mol. The van der Waals surface area contributed by atoms with E-state index in [1.807, 2.05) is 19.1 Å². The first kappa shape index (κ1) is 23.7. The number of rotatable bonds is 5. The maximum Gasteiger partial charge on any atom is 0.317 e. The van der Waals surface area contributed by atoms with Gasteiger partial charge in [-0.25, -0.2) is 9.78 Å². The Morgan fingerprint density at radius 3 is 2.59 bits per heavy atom. The first-order valence-electron chi connectivity index (χ1n) is 11.4. The molecule has 8 heteroatoms. The first-order valence-corrected chi connectivity index (χ1v) is 11.4. The second-order valence-electron chi connectivity index (χ2n) is 8.81. The highest BCUT2D eigenvalue weighted by molar-refractivity contribution is 5.91. The van der Waals surface area contributed by atoms with Crippen LogP contribution in [0.25, 0.3) is 0 Å². The number of primary amides is 1. The quantitative estimate of drug-likeness (QED) is 0.512. The molecule has 2 aromatic rings. The lowest BCUT2D eigenvalue weighted by atomic mass is 9.80. The number of aryl methyl sites for hydroxylation is 1. The minimum Gasteiger partial charge on any atom is -0.354 e. The Bertz CT molecular complexity index is 908. The summed E-state index contributed by atoms with van der Waals surface area (Å²) in [5, 5.41) is 12.9. The third-order valence-electron chi connectivity index (χ3n) is 6.26. The summed E-state index contributed by atoms with van der Waals surface area (Å²) >= 11 is 0. The van der Waals surface area contributed by atoms with Crippen LogP contribution >= 0.6 is 0 Å². The largest absolute Gasteiger partial charge is 0.354 e. The van der Waals surface area contributed by atoms with E-state index < -0.39 is 6.03 Å². The molecule has 0 radical (unpaired) electrons. The topological polar surface area (TPSA) is 120 Å². The van der Waals surface area contributed by atoms with Crippen LogP contribution in [0.15, 0.2) is 30.6 Å². The van der Waals surface area contributed by atoms with E-state index in [9.17, 15) is 4.79 Å². The van der Waals surface area contributed by atoms with E-state index >= 15 is 0 Å². The van der Waals surface area contributed by atoms with Crippen LogP contribution in [0.2, 0.25) is 0 Å². The van der Waals surface area contributed by atoms with Crippen molar-refractivity contribution in [1.82, 2.24) is 14.9 Å². The van der Waals surface area contributed by atoms with E-state index in [4.69, 9.17) is 11.1 Å². The lowest BCUT2D eigenvalue weighted by Gasteiger charge is -2.27. The number of pyridine rings is 2. The molecule has 172 valence electrons. The Hall–Kier alpha value is -3.00. The van der Waals surface area contributed by atoms with E-state index in [1.165, 1.54) is 64.0 Å². The van der Waals surface area contributed by atoms with Crippen LogP contribution in [0, 0.1) is 24.2 Å². The van der Waals surface area contributed by atoms with Crippen molar-refractivity contribution in [2.75, 3.05) is 30.8 Å². The molecule has 0 spiro atoms. The summed E-state index contributed by atoms with van der Waals surface area (Å²) in [6, 6.07) is 4.56. The van der Waals surface area contributed by atoms with Gasteiger partial charge in [0.25, 0.3) is 0 Å². The van der Waals surface area contributed by atoms with E-state index in [0.29, 0.717) is 17.1 Å². The Labute approximate surface area is 190 Å². The van der Waals surface area contributed by atoms with E-state index in [2.05, 4.69) is 32.5 Å². The molecule has 1 saturated heterocycles. The van der Waals surface area contributed by atoms with Crippen molar-refractivity contribution in [3.05, 3.63) is 41.9 Å². The molecule has 3 heterocycles. The average Bonchev–Trinajstić information content (AvgIpc) is 3.22. The lowest BCUT2D eigenvalue weighted by molar-refractivity contribution is 0.247. The fourth-order valence-corrected chi connectivity index (χ4v) is 4.63. The summed E-state index contributed by atoms with van der Waals surface area (Å²) in [7, 11) is 2.27. The van der Waals surface area contributed by atoms with Crippen LogP contribution in [0.3, 0.4) is 0 Å². The number of aromatic nitrogens is 2. The van der Waals surface area contributed by atoms with Gasteiger partial charge in [0.05, 0.1) is 11.9 Å². The first-order chi connectivity index (χ1) is 15.4. The fourth-order valence-electron chi connectivity index (χ4n) is 4.63. The molecule has 1 unspecified atom stereocenters. The summed E-state index contributed by atoms with van der Waals surface area (Å²) in [4.78, 5) is 21.4. The summed E-state index contributed by atoms with van der Waals surface area (Å²) < 4.78 is 0. The van der Waals surface area contributed by atoms with Crippen molar-refractivity contribution in [1.29, 1.82) is 5.41 Å². The number of hydrogen-bond acceptors (Lipinski definition) is 6. The van der Waals surface area contributed by atoms with Crippen LogP contribution < -0.4 is 16.4 Å². The van der Waals surface area contributed by atoms with Gasteiger partial charge in [-0.3, -0.25) is 10.3 Å². The van der Waals surface area contributed by atoms with Crippen LogP contribution in [0.1, 0.15) is 49.8 Å². The second kappa shape index (κ2) is 11.6. The second-order valence-corrected chi connectivity index (χ2v) is 8.81. The minimum absolute atomic E-state index is 0.299. The Kier molecular flexibility index (Phi) is 8.56.